The van der Waals surface area contributed by atoms with E-state index in [1.165, 1.54) is 13.8 Å². The zero-order valence-corrected chi connectivity index (χ0v) is 12.2. The lowest BCUT2D eigenvalue weighted by Gasteiger charge is -2.26. The molecule has 1 atom stereocenters. The second kappa shape index (κ2) is 11.6. The fraction of sp³-hybridized carbons (Fsp3) is 0.833. The summed E-state index contributed by atoms with van der Waals surface area (Å²) in [5.74, 6) is -1.69. The van der Waals surface area contributed by atoms with Crippen LogP contribution >= 0.6 is 0 Å². The Labute approximate surface area is 118 Å². The molecule has 8 nitrogen and oxygen atoms in total. The van der Waals surface area contributed by atoms with Crippen LogP contribution in [0.25, 0.3) is 0 Å². The number of carbonyl (C=O) groups is 2. The molecule has 1 unspecified atom stereocenters. The molecule has 0 aromatic heterocycles. The highest BCUT2D eigenvalue weighted by molar-refractivity contribution is 5.81. The highest BCUT2D eigenvalue weighted by Crippen LogP contribution is 2.19. The Morgan fingerprint density at radius 3 is 2.05 bits per heavy atom. The van der Waals surface area contributed by atoms with Crippen molar-refractivity contribution in [2.75, 3.05) is 33.4 Å². The summed E-state index contributed by atoms with van der Waals surface area (Å²) in [6, 6.07) is 0. The molecule has 0 aliphatic heterocycles. The number of amides is 1. The molecule has 0 heterocycles. The van der Waals surface area contributed by atoms with Gasteiger partial charge >= 0.3 is 5.97 Å². The topological polar surface area (TPSA) is 139 Å². The summed E-state index contributed by atoms with van der Waals surface area (Å²) < 4.78 is 0. The molecule has 0 aromatic rings. The molecule has 1 amide bonds. The minimum absolute atomic E-state index is 0.0350. The molecule has 0 aliphatic rings. The smallest absolute Gasteiger partial charge is 0.305 e. The zero-order valence-electron chi connectivity index (χ0n) is 12.2. The number of rotatable bonds is 8. The molecule has 6 N–H and O–H groups in total. The van der Waals surface area contributed by atoms with Crippen LogP contribution in [0.15, 0.2) is 0 Å². The van der Waals surface area contributed by atoms with Crippen molar-refractivity contribution in [2.45, 2.75) is 26.4 Å². The van der Waals surface area contributed by atoms with Crippen LogP contribution in [0.4, 0.5) is 0 Å². The number of hydrogen-bond acceptors (Lipinski definition) is 6. The van der Waals surface area contributed by atoms with Gasteiger partial charge < -0.3 is 31.1 Å². The summed E-state index contributed by atoms with van der Waals surface area (Å²) in [5, 5.41) is 39.7. The summed E-state index contributed by atoms with van der Waals surface area (Å²) in [6.07, 6.45) is -1.55. The quantitative estimate of drug-likeness (QED) is 0.309. The van der Waals surface area contributed by atoms with Crippen molar-refractivity contribution in [3.05, 3.63) is 0 Å². The van der Waals surface area contributed by atoms with Crippen LogP contribution in [-0.4, -0.2) is 71.8 Å². The second-order valence-electron chi connectivity index (χ2n) is 4.81. The van der Waals surface area contributed by atoms with Gasteiger partial charge in [-0.15, -0.1) is 0 Å². The third-order valence-corrected chi connectivity index (χ3v) is 2.40. The number of aliphatic hydroxyl groups is 3. The van der Waals surface area contributed by atoms with Gasteiger partial charge in [-0.25, -0.2) is 0 Å². The van der Waals surface area contributed by atoms with Gasteiger partial charge in [0.2, 0.25) is 5.91 Å². The maximum absolute atomic E-state index is 11.3. The second-order valence-corrected chi connectivity index (χ2v) is 4.81. The van der Waals surface area contributed by atoms with Crippen LogP contribution in [0.3, 0.4) is 0 Å². The molecule has 0 aromatic carbocycles. The van der Waals surface area contributed by atoms with Gasteiger partial charge in [0.15, 0.2) is 0 Å². The minimum atomic E-state index is -1.35. The van der Waals surface area contributed by atoms with E-state index in [9.17, 15) is 14.7 Å². The Kier molecular flexibility index (Phi) is 12.2. The van der Waals surface area contributed by atoms with Gasteiger partial charge in [-0.1, -0.05) is 13.8 Å². The first-order chi connectivity index (χ1) is 9.22. The number of likely N-dealkylation sites (N-methyl/N-ethyl adjacent to an activating group) is 1. The predicted molar refractivity (Wildman–Crippen MR) is 73.1 cm³/mol. The summed E-state index contributed by atoms with van der Waals surface area (Å²) in [7, 11) is 1.80. The highest BCUT2D eigenvalue weighted by Gasteiger charge is 2.32. The molecular formula is C12H26N2O6. The Balaban J connectivity index is 0. The Morgan fingerprint density at radius 2 is 1.75 bits per heavy atom. The molecular weight excluding hydrogens is 268 g/mol. The number of carboxylic acid groups (broad SMARTS) is 1. The molecule has 0 fully saturated rings. The average Bonchev–Trinajstić information content (AvgIpc) is 2.38. The molecule has 0 bridgehead atoms. The molecule has 0 saturated carbocycles. The fourth-order valence-electron chi connectivity index (χ4n) is 0.942. The van der Waals surface area contributed by atoms with Gasteiger partial charge in [0, 0.05) is 18.5 Å². The number of aliphatic carboxylic acids is 1. The number of aliphatic hydroxyl groups excluding tert-OH is 3. The van der Waals surface area contributed by atoms with E-state index in [0.29, 0.717) is 6.54 Å². The van der Waals surface area contributed by atoms with Crippen molar-refractivity contribution in [1.29, 1.82) is 0 Å². The van der Waals surface area contributed by atoms with Crippen molar-refractivity contribution in [3.63, 3.8) is 0 Å². The van der Waals surface area contributed by atoms with Gasteiger partial charge in [0.25, 0.3) is 0 Å². The first kappa shape index (κ1) is 21.1. The normalized spacial score (nSPS) is 12.1. The van der Waals surface area contributed by atoms with E-state index in [2.05, 4.69) is 10.6 Å². The van der Waals surface area contributed by atoms with Crippen LogP contribution in [0.5, 0.6) is 0 Å². The zero-order chi connectivity index (χ0) is 16.2. The number of carbonyl (C=O) groups excluding carboxylic acids is 1. The van der Waals surface area contributed by atoms with E-state index < -0.39 is 23.4 Å². The summed E-state index contributed by atoms with van der Waals surface area (Å²) in [5.41, 5.74) is -0.937. The fourth-order valence-corrected chi connectivity index (χ4v) is 0.942. The first-order valence-corrected chi connectivity index (χ1v) is 6.26. The maximum atomic E-state index is 11.3. The van der Waals surface area contributed by atoms with Crippen molar-refractivity contribution < 1.29 is 30.0 Å². The van der Waals surface area contributed by atoms with Crippen LogP contribution in [0.1, 0.15) is 20.3 Å². The minimum Gasteiger partial charge on any atom is -0.481 e. The summed E-state index contributed by atoms with van der Waals surface area (Å²) in [6.45, 7) is 3.63. The third-order valence-electron chi connectivity index (χ3n) is 2.40. The Bertz CT molecular complexity index is 281. The molecule has 0 rings (SSSR count). The van der Waals surface area contributed by atoms with Crippen molar-refractivity contribution in [3.8, 4) is 0 Å². The predicted octanol–water partition coefficient (Wildman–Crippen LogP) is -1.85. The van der Waals surface area contributed by atoms with Crippen molar-refractivity contribution in [2.24, 2.45) is 5.41 Å². The molecule has 0 aliphatic carbocycles. The van der Waals surface area contributed by atoms with Crippen LogP contribution in [-0.2, 0) is 9.59 Å². The monoisotopic (exact) mass is 294 g/mol. The summed E-state index contributed by atoms with van der Waals surface area (Å²) >= 11 is 0. The molecule has 0 saturated heterocycles. The van der Waals surface area contributed by atoms with Crippen molar-refractivity contribution >= 4 is 11.9 Å². The lowest BCUT2D eigenvalue weighted by molar-refractivity contribution is -0.138. The molecule has 120 valence electrons. The summed E-state index contributed by atoms with van der Waals surface area (Å²) in [4.78, 5) is 21.4. The molecule has 8 heteroatoms. The van der Waals surface area contributed by atoms with Crippen molar-refractivity contribution in [1.82, 2.24) is 10.6 Å². The molecule has 0 spiro atoms. The maximum Gasteiger partial charge on any atom is 0.305 e. The van der Waals surface area contributed by atoms with E-state index >= 15 is 0 Å². The van der Waals surface area contributed by atoms with E-state index in [1.807, 2.05) is 0 Å². The van der Waals surface area contributed by atoms with Gasteiger partial charge in [-0.2, -0.15) is 0 Å². The van der Waals surface area contributed by atoms with Gasteiger partial charge in [-0.3, -0.25) is 9.59 Å². The van der Waals surface area contributed by atoms with Gasteiger partial charge in [0.1, 0.15) is 6.10 Å². The Morgan fingerprint density at radius 1 is 1.20 bits per heavy atom. The largest absolute Gasteiger partial charge is 0.481 e. The van der Waals surface area contributed by atoms with E-state index in [4.69, 9.17) is 15.3 Å². The van der Waals surface area contributed by atoms with E-state index in [-0.39, 0.29) is 26.2 Å². The number of nitrogens with one attached hydrogen (secondary N) is 2. The lowest BCUT2D eigenvalue weighted by Crippen LogP contribution is -2.45. The average molecular weight is 294 g/mol. The van der Waals surface area contributed by atoms with Crippen LogP contribution < -0.4 is 10.6 Å². The Hall–Kier alpha value is -1.22. The number of carboxylic acids is 1. The van der Waals surface area contributed by atoms with Gasteiger partial charge in [0.05, 0.1) is 19.6 Å². The standard InChI is InChI=1S/C9H17NO5.C3H9NO/c1-9(2,5-11)7(14)8(15)10-4-3-6(12)13;1-4-2-3-5/h7,11,14H,3-5H2,1-2H3,(H,10,15)(H,12,13);4-5H,2-3H2,1H3. The van der Waals surface area contributed by atoms with Gasteiger partial charge in [-0.05, 0) is 7.05 Å². The van der Waals surface area contributed by atoms with E-state index in [0.717, 1.165) is 0 Å². The van der Waals surface area contributed by atoms with Crippen LogP contribution in [0.2, 0.25) is 0 Å². The first-order valence-electron chi connectivity index (χ1n) is 6.26. The SMILES string of the molecule is CC(C)(CO)C(O)C(=O)NCCC(=O)O.CNCCO. The van der Waals surface area contributed by atoms with E-state index in [1.54, 1.807) is 7.05 Å². The van der Waals surface area contributed by atoms with Crippen LogP contribution in [0, 0.1) is 5.41 Å². The highest BCUT2D eigenvalue weighted by atomic mass is 16.4. The molecule has 20 heavy (non-hydrogen) atoms. The number of hydrogen-bond donors (Lipinski definition) is 6. The molecule has 0 radical (unpaired) electrons. The lowest BCUT2D eigenvalue weighted by atomic mass is 9.87. The third kappa shape index (κ3) is 10.7.